The number of hydrogen-bond acceptors (Lipinski definition) is 5. The molecule has 1 saturated heterocycles. The number of pyridine rings is 1. The van der Waals surface area contributed by atoms with E-state index in [-0.39, 0.29) is 11.3 Å². The molecule has 0 aromatic carbocycles. The minimum Gasteiger partial charge on any atom is -0.350 e. The van der Waals surface area contributed by atoms with E-state index in [0.717, 1.165) is 49.0 Å². The second-order valence-corrected chi connectivity index (χ2v) is 8.92. The Kier molecular flexibility index (Phi) is 4.47. The Hall–Kier alpha value is -1.95. The molecule has 2 aliphatic rings. The minimum atomic E-state index is -0.0497. The van der Waals surface area contributed by atoms with Gasteiger partial charge < -0.3 is 15.2 Å². The predicted molar refractivity (Wildman–Crippen MR) is 100 cm³/mol. The molecule has 2 aromatic heterocycles. The third kappa shape index (κ3) is 3.75. The SMILES string of the molecule is CC(C)(C)Cc1noc2nc(C3CC3)cc(C(=O)NCC3CCCN3)c12. The van der Waals surface area contributed by atoms with Crippen LogP contribution in [0.25, 0.3) is 11.1 Å². The van der Waals surface area contributed by atoms with Gasteiger partial charge in [-0.05, 0) is 50.1 Å². The van der Waals surface area contributed by atoms with Crippen molar-refractivity contribution in [2.45, 2.75) is 64.8 Å². The first-order valence-corrected chi connectivity index (χ1v) is 9.71. The summed E-state index contributed by atoms with van der Waals surface area (Å²) in [6, 6.07) is 2.33. The maximum atomic E-state index is 13.0. The molecule has 140 valence electrons. The maximum absolute atomic E-state index is 13.0. The normalized spacial score (nSPS) is 20.7. The fourth-order valence-electron chi connectivity index (χ4n) is 3.66. The molecule has 0 bridgehead atoms. The van der Waals surface area contributed by atoms with Gasteiger partial charge in [-0.1, -0.05) is 25.9 Å². The highest BCUT2D eigenvalue weighted by molar-refractivity contribution is 6.06. The lowest BCUT2D eigenvalue weighted by Crippen LogP contribution is -2.37. The van der Waals surface area contributed by atoms with Crippen LogP contribution in [0.2, 0.25) is 0 Å². The van der Waals surface area contributed by atoms with Crippen LogP contribution < -0.4 is 10.6 Å². The highest BCUT2D eigenvalue weighted by atomic mass is 16.5. The lowest BCUT2D eigenvalue weighted by Gasteiger charge is -2.16. The van der Waals surface area contributed by atoms with Gasteiger partial charge in [-0.25, -0.2) is 4.98 Å². The largest absolute Gasteiger partial charge is 0.350 e. The Bertz CT molecular complexity index is 811. The average Bonchev–Trinajstić information content (AvgIpc) is 3.16. The number of nitrogens with one attached hydrogen (secondary N) is 2. The molecule has 6 nitrogen and oxygen atoms in total. The predicted octanol–water partition coefficient (Wildman–Crippen LogP) is 3.17. The third-order valence-electron chi connectivity index (χ3n) is 5.15. The smallest absolute Gasteiger partial charge is 0.259 e. The molecule has 1 unspecified atom stereocenters. The van der Waals surface area contributed by atoms with E-state index < -0.39 is 0 Å². The van der Waals surface area contributed by atoms with Gasteiger partial charge in [-0.15, -0.1) is 0 Å². The Morgan fingerprint density at radius 3 is 2.81 bits per heavy atom. The van der Waals surface area contributed by atoms with E-state index in [1.165, 1.54) is 6.42 Å². The van der Waals surface area contributed by atoms with Crippen molar-refractivity contribution < 1.29 is 9.32 Å². The first kappa shape index (κ1) is 17.5. The number of hydrogen-bond donors (Lipinski definition) is 2. The van der Waals surface area contributed by atoms with Crippen LogP contribution in [0.3, 0.4) is 0 Å². The fourth-order valence-corrected chi connectivity index (χ4v) is 3.66. The molecule has 4 rings (SSSR count). The number of carbonyl (C=O) groups is 1. The molecule has 0 spiro atoms. The van der Waals surface area contributed by atoms with E-state index in [1.54, 1.807) is 0 Å². The van der Waals surface area contributed by atoms with Crippen molar-refractivity contribution in [3.63, 3.8) is 0 Å². The molecule has 2 N–H and O–H groups in total. The van der Waals surface area contributed by atoms with Gasteiger partial charge in [0.2, 0.25) is 0 Å². The van der Waals surface area contributed by atoms with Crippen LogP contribution in [0.15, 0.2) is 10.6 Å². The van der Waals surface area contributed by atoms with Gasteiger partial charge >= 0.3 is 0 Å². The summed E-state index contributed by atoms with van der Waals surface area (Å²) in [6.45, 7) is 8.16. The number of nitrogens with zero attached hydrogens (tertiary/aromatic N) is 2. The zero-order valence-electron chi connectivity index (χ0n) is 15.9. The number of fused-ring (bicyclic) bond motifs is 1. The number of amides is 1. The van der Waals surface area contributed by atoms with Crippen LogP contribution in [-0.4, -0.2) is 35.2 Å². The van der Waals surface area contributed by atoms with E-state index in [4.69, 9.17) is 4.52 Å². The number of rotatable bonds is 5. The molecule has 6 heteroatoms. The molecule has 1 atom stereocenters. The van der Waals surface area contributed by atoms with Crippen LogP contribution in [-0.2, 0) is 6.42 Å². The lowest BCUT2D eigenvalue weighted by atomic mass is 9.89. The van der Waals surface area contributed by atoms with Gasteiger partial charge in [0.15, 0.2) is 0 Å². The molecule has 3 heterocycles. The summed E-state index contributed by atoms with van der Waals surface area (Å²) >= 11 is 0. The van der Waals surface area contributed by atoms with E-state index in [0.29, 0.717) is 29.8 Å². The van der Waals surface area contributed by atoms with Crippen molar-refractivity contribution in [1.82, 2.24) is 20.8 Å². The van der Waals surface area contributed by atoms with Gasteiger partial charge in [0.25, 0.3) is 11.6 Å². The van der Waals surface area contributed by atoms with Crippen molar-refractivity contribution in [2.24, 2.45) is 5.41 Å². The summed E-state index contributed by atoms with van der Waals surface area (Å²) in [5, 5.41) is 11.6. The molecule has 1 aliphatic carbocycles. The number of aromatic nitrogens is 2. The van der Waals surface area contributed by atoms with Gasteiger partial charge in [-0.3, -0.25) is 4.79 Å². The molecule has 2 aromatic rings. The van der Waals surface area contributed by atoms with Crippen LogP contribution >= 0.6 is 0 Å². The third-order valence-corrected chi connectivity index (χ3v) is 5.15. The van der Waals surface area contributed by atoms with Crippen molar-refractivity contribution in [2.75, 3.05) is 13.1 Å². The van der Waals surface area contributed by atoms with Crippen molar-refractivity contribution in [1.29, 1.82) is 0 Å². The van der Waals surface area contributed by atoms with E-state index in [1.807, 2.05) is 6.07 Å². The van der Waals surface area contributed by atoms with Gasteiger partial charge in [0.1, 0.15) is 0 Å². The van der Waals surface area contributed by atoms with E-state index in [2.05, 4.69) is 41.5 Å². The summed E-state index contributed by atoms with van der Waals surface area (Å²) in [6.07, 6.45) is 5.30. The first-order valence-electron chi connectivity index (χ1n) is 9.71. The second-order valence-electron chi connectivity index (χ2n) is 8.92. The van der Waals surface area contributed by atoms with Crippen molar-refractivity contribution >= 4 is 17.0 Å². The number of carbonyl (C=O) groups excluding carboxylic acids is 1. The average molecular weight is 356 g/mol. The molecule has 0 radical (unpaired) electrons. The van der Waals surface area contributed by atoms with E-state index >= 15 is 0 Å². The topological polar surface area (TPSA) is 80.0 Å². The zero-order valence-corrected chi connectivity index (χ0v) is 15.9. The van der Waals surface area contributed by atoms with E-state index in [9.17, 15) is 4.79 Å². The van der Waals surface area contributed by atoms with Crippen LogP contribution in [0.1, 0.15) is 74.1 Å². The second kappa shape index (κ2) is 6.65. The van der Waals surface area contributed by atoms with Crippen molar-refractivity contribution in [3.05, 3.63) is 23.0 Å². The summed E-state index contributed by atoms with van der Waals surface area (Å²) in [4.78, 5) is 17.6. The fraction of sp³-hybridized carbons (Fsp3) is 0.650. The molecule has 1 amide bonds. The molecular formula is C20H28N4O2. The highest BCUT2D eigenvalue weighted by Crippen LogP contribution is 2.40. The van der Waals surface area contributed by atoms with Crippen LogP contribution in [0, 0.1) is 5.41 Å². The summed E-state index contributed by atoms with van der Waals surface area (Å²) < 4.78 is 5.53. The summed E-state index contributed by atoms with van der Waals surface area (Å²) in [7, 11) is 0. The van der Waals surface area contributed by atoms with Crippen molar-refractivity contribution in [3.8, 4) is 0 Å². The van der Waals surface area contributed by atoms with Crippen LogP contribution in [0.5, 0.6) is 0 Å². The first-order chi connectivity index (χ1) is 12.4. The monoisotopic (exact) mass is 356 g/mol. The molecule has 1 saturated carbocycles. The Morgan fingerprint density at radius 2 is 2.15 bits per heavy atom. The molecule has 26 heavy (non-hydrogen) atoms. The molecule has 1 aliphatic heterocycles. The summed E-state index contributed by atoms with van der Waals surface area (Å²) in [5.74, 6) is 0.407. The van der Waals surface area contributed by atoms with Gasteiger partial charge in [-0.2, -0.15) is 0 Å². The van der Waals surface area contributed by atoms with Crippen LogP contribution in [0.4, 0.5) is 0 Å². The molecule has 2 fully saturated rings. The standard InChI is InChI=1S/C20H28N4O2/c1-20(2,3)10-16-17-14(18(25)22-11-13-5-4-8-21-13)9-15(12-6-7-12)23-19(17)26-24-16/h9,12-13,21H,4-8,10-11H2,1-3H3,(H,22,25). The Morgan fingerprint density at radius 1 is 1.35 bits per heavy atom. The molecular weight excluding hydrogens is 328 g/mol. The lowest BCUT2D eigenvalue weighted by molar-refractivity contribution is 0.0951. The van der Waals surface area contributed by atoms with Gasteiger partial charge in [0, 0.05) is 24.2 Å². The zero-order chi connectivity index (χ0) is 18.3. The minimum absolute atomic E-state index is 0.0497. The maximum Gasteiger partial charge on any atom is 0.259 e. The highest BCUT2D eigenvalue weighted by Gasteiger charge is 2.30. The Labute approximate surface area is 154 Å². The Balaban J connectivity index is 1.67. The van der Waals surface area contributed by atoms with Gasteiger partial charge in [0.05, 0.1) is 16.6 Å². The summed E-state index contributed by atoms with van der Waals surface area (Å²) in [5.41, 5.74) is 3.00. The quantitative estimate of drug-likeness (QED) is 0.860.